The maximum atomic E-state index is 12.3. The first-order valence-corrected chi connectivity index (χ1v) is 6.49. The third kappa shape index (κ3) is 3.48. The van der Waals surface area contributed by atoms with Gasteiger partial charge in [0.2, 0.25) is 5.91 Å². The molecular formula is C13H22ClN3O2. The first kappa shape index (κ1) is 16.0. The summed E-state index contributed by atoms with van der Waals surface area (Å²) < 4.78 is 5.10. The van der Waals surface area contributed by atoms with Crippen LogP contribution in [0.3, 0.4) is 0 Å². The lowest BCUT2D eigenvalue weighted by molar-refractivity contribution is -0.131. The highest BCUT2D eigenvalue weighted by Crippen LogP contribution is 2.20. The first-order valence-electron chi connectivity index (χ1n) is 6.49. The summed E-state index contributed by atoms with van der Waals surface area (Å²) in [5, 5.41) is 7.04. The molecule has 0 saturated carbocycles. The van der Waals surface area contributed by atoms with Crippen molar-refractivity contribution in [2.45, 2.75) is 39.2 Å². The molecule has 0 spiro atoms. The van der Waals surface area contributed by atoms with Gasteiger partial charge in [0, 0.05) is 24.7 Å². The number of amides is 1. The number of likely N-dealkylation sites (N-methyl/N-ethyl adjacent to an activating group) is 1. The lowest BCUT2D eigenvalue weighted by atomic mass is 10.1. The van der Waals surface area contributed by atoms with E-state index in [0.29, 0.717) is 12.5 Å². The summed E-state index contributed by atoms with van der Waals surface area (Å²) in [6.07, 6.45) is 2.59. The maximum Gasteiger partial charge on any atom is 0.227 e. The third-order valence-electron chi connectivity index (χ3n) is 3.65. The van der Waals surface area contributed by atoms with Crippen LogP contribution in [0, 0.1) is 13.8 Å². The van der Waals surface area contributed by atoms with Gasteiger partial charge in [-0.25, -0.2) is 0 Å². The summed E-state index contributed by atoms with van der Waals surface area (Å²) >= 11 is 0. The van der Waals surface area contributed by atoms with Crippen LogP contribution in [0.25, 0.3) is 0 Å². The lowest BCUT2D eigenvalue weighted by Crippen LogP contribution is -2.41. The highest BCUT2D eigenvalue weighted by molar-refractivity contribution is 5.85. The normalized spacial score (nSPS) is 18.5. The van der Waals surface area contributed by atoms with E-state index in [4.69, 9.17) is 4.52 Å². The van der Waals surface area contributed by atoms with Gasteiger partial charge in [0.1, 0.15) is 5.76 Å². The van der Waals surface area contributed by atoms with Crippen molar-refractivity contribution in [1.29, 1.82) is 0 Å². The summed E-state index contributed by atoms with van der Waals surface area (Å²) in [7, 11) is 1.93. The van der Waals surface area contributed by atoms with Crippen LogP contribution in [0.15, 0.2) is 4.52 Å². The van der Waals surface area contributed by atoms with Crippen molar-refractivity contribution in [3.05, 3.63) is 17.0 Å². The van der Waals surface area contributed by atoms with Crippen molar-refractivity contribution >= 4 is 18.3 Å². The fraction of sp³-hybridized carbons (Fsp3) is 0.692. The second-order valence-corrected chi connectivity index (χ2v) is 4.92. The number of nitrogens with zero attached hydrogens (tertiary/aromatic N) is 2. The van der Waals surface area contributed by atoms with E-state index < -0.39 is 0 Å². The molecular weight excluding hydrogens is 266 g/mol. The molecule has 1 fully saturated rings. The molecule has 1 unspecified atom stereocenters. The van der Waals surface area contributed by atoms with Gasteiger partial charge in [-0.3, -0.25) is 4.79 Å². The highest BCUT2D eigenvalue weighted by atomic mass is 35.5. The molecule has 1 atom stereocenters. The molecule has 1 N–H and O–H groups in total. The molecule has 1 saturated heterocycles. The van der Waals surface area contributed by atoms with E-state index in [2.05, 4.69) is 10.5 Å². The van der Waals surface area contributed by atoms with Crippen molar-refractivity contribution < 1.29 is 9.32 Å². The Kier molecular flexibility index (Phi) is 5.82. The minimum atomic E-state index is 0. The fourth-order valence-corrected chi connectivity index (χ4v) is 2.62. The number of carbonyl (C=O) groups excluding carboxylic acids is 1. The Morgan fingerprint density at radius 1 is 1.53 bits per heavy atom. The summed E-state index contributed by atoms with van der Waals surface area (Å²) in [4.78, 5) is 14.3. The minimum Gasteiger partial charge on any atom is -0.361 e. The van der Waals surface area contributed by atoms with Crippen molar-refractivity contribution in [1.82, 2.24) is 15.4 Å². The van der Waals surface area contributed by atoms with Crippen LogP contribution in [0.1, 0.15) is 29.9 Å². The SMILES string of the molecule is CNCC1CCCN1C(=O)Cc1c(C)noc1C.Cl. The van der Waals surface area contributed by atoms with Crippen LogP contribution in [-0.2, 0) is 11.2 Å². The molecule has 0 radical (unpaired) electrons. The van der Waals surface area contributed by atoms with Gasteiger partial charge < -0.3 is 14.7 Å². The number of rotatable bonds is 4. The van der Waals surface area contributed by atoms with Crippen molar-refractivity contribution in [2.75, 3.05) is 20.1 Å². The number of halogens is 1. The quantitative estimate of drug-likeness (QED) is 0.911. The number of likely N-dealkylation sites (tertiary alicyclic amines) is 1. The molecule has 1 amide bonds. The average Bonchev–Trinajstić information content (AvgIpc) is 2.91. The first-order chi connectivity index (χ1) is 8.63. The minimum absolute atomic E-state index is 0. The van der Waals surface area contributed by atoms with E-state index >= 15 is 0 Å². The number of carbonyl (C=O) groups is 1. The predicted molar refractivity (Wildman–Crippen MR) is 75.6 cm³/mol. The summed E-state index contributed by atoms with van der Waals surface area (Å²) in [6.45, 7) is 5.48. The van der Waals surface area contributed by atoms with E-state index in [9.17, 15) is 4.79 Å². The van der Waals surface area contributed by atoms with Gasteiger partial charge in [-0.15, -0.1) is 12.4 Å². The number of hydrogen-bond acceptors (Lipinski definition) is 4. The molecule has 108 valence electrons. The monoisotopic (exact) mass is 287 g/mol. The van der Waals surface area contributed by atoms with Crippen LogP contribution >= 0.6 is 12.4 Å². The Morgan fingerprint density at radius 2 is 2.26 bits per heavy atom. The van der Waals surface area contributed by atoms with E-state index in [1.54, 1.807) is 0 Å². The molecule has 0 bridgehead atoms. The van der Waals surface area contributed by atoms with E-state index in [-0.39, 0.29) is 18.3 Å². The molecule has 2 rings (SSSR count). The summed E-state index contributed by atoms with van der Waals surface area (Å²) in [6, 6.07) is 0.336. The van der Waals surface area contributed by atoms with Crippen molar-refractivity contribution in [2.24, 2.45) is 0 Å². The Balaban J connectivity index is 0.00000180. The Hall–Kier alpha value is -1.07. The zero-order valence-corrected chi connectivity index (χ0v) is 12.5. The molecule has 1 aliphatic rings. The third-order valence-corrected chi connectivity index (χ3v) is 3.65. The van der Waals surface area contributed by atoms with Crippen LogP contribution in [-0.4, -0.2) is 42.1 Å². The van der Waals surface area contributed by atoms with E-state index in [0.717, 1.165) is 42.9 Å². The Morgan fingerprint density at radius 3 is 2.84 bits per heavy atom. The van der Waals surface area contributed by atoms with Crippen LogP contribution < -0.4 is 5.32 Å². The van der Waals surface area contributed by atoms with E-state index in [1.165, 1.54) is 0 Å². The van der Waals surface area contributed by atoms with Crippen LogP contribution in [0.5, 0.6) is 0 Å². The van der Waals surface area contributed by atoms with Gasteiger partial charge >= 0.3 is 0 Å². The average molecular weight is 288 g/mol. The van der Waals surface area contributed by atoms with Gasteiger partial charge in [-0.1, -0.05) is 5.16 Å². The summed E-state index contributed by atoms with van der Waals surface area (Å²) in [5.74, 6) is 0.937. The number of aromatic nitrogens is 1. The second-order valence-electron chi connectivity index (χ2n) is 4.92. The molecule has 1 aromatic heterocycles. The predicted octanol–water partition coefficient (Wildman–Crippen LogP) is 1.47. The molecule has 1 aromatic rings. The number of aryl methyl sites for hydroxylation is 2. The number of hydrogen-bond donors (Lipinski definition) is 1. The summed E-state index contributed by atoms with van der Waals surface area (Å²) in [5.41, 5.74) is 1.76. The Labute approximate surface area is 120 Å². The topological polar surface area (TPSA) is 58.4 Å². The van der Waals surface area contributed by atoms with Crippen molar-refractivity contribution in [3.8, 4) is 0 Å². The molecule has 6 heteroatoms. The molecule has 5 nitrogen and oxygen atoms in total. The molecule has 1 aliphatic heterocycles. The van der Waals surface area contributed by atoms with Crippen molar-refractivity contribution in [3.63, 3.8) is 0 Å². The second kappa shape index (κ2) is 6.91. The number of nitrogens with one attached hydrogen (secondary N) is 1. The van der Waals surface area contributed by atoms with Gasteiger partial charge in [0.25, 0.3) is 0 Å². The van der Waals surface area contributed by atoms with Gasteiger partial charge in [0.15, 0.2) is 0 Å². The zero-order valence-electron chi connectivity index (χ0n) is 11.7. The zero-order chi connectivity index (χ0) is 13.1. The maximum absolute atomic E-state index is 12.3. The smallest absolute Gasteiger partial charge is 0.227 e. The molecule has 2 heterocycles. The van der Waals surface area contributed by atoms with Crippen LogP contribution in [0.2, 0.25) is 0 Å². The Bertz CT molecular complexity index is 414. The van der Waals surface area contributed by atoms with Gasteiger partial charge in [-0.05, 0) is 33.7 Å². The molecule has 0 aromatic carbocycles. The standard InChI is InChI=1S/C13H21N3O2.ClH/c1-9-12(10(2)18-15-9)7-13(17)16-6-4-5-11(16)8-14-3;/h11,14H,4-8H2,1-3H3;1H. The largest absolute Gasteiger partial charge is 0.361 e. The molecule has 0 aliphatic carbocycles. The van der Waals surface area contributed by atoms with E-state index in [1.807, 2.05) is 25.8 Å². The highest BCUT2D eigenvalue weighted by Gasteiger charge is 2.28. The van der Waals surface area contributed by atoms with Crippen LogP contribution in [0.4, 0.5) is 0 Å². The molecule has 19 heavy (non-hydrogen) atoms. The fourth-order valence-electron chi connectivity index (χ4n) is 2.62. The lowest BCUT2D eigenvalue weighted by Gasteiger charge is -2.24. The van der Waals surface area contributed by atoms with Gasteiger partial charge in [0.05, 0.1) is 12.1 Å². The van der Waals surface area contributed by atoms with Gasteiger partial charge in [-0.2, -0.15) is 0 Å².